The highest BCUT2D eigenvalue weighted by molar-refractivity contribution is 5.76. The topological polar surface area (TPSA) is 93.4 Å². The van der Waals surface area contributed by atoms with Crippen molar-refractivity contribution in [2.45, 2.75) is 19.9 Å². The molecule has 0 aromatic heterocycles. The molecule has 0 aliphatic carbocycles. The first-order valence-corrected chi connectivity index (χ1v) is 9.32. The summed E-state index contributed by atoms with van der Waals surface area (Å²) in [6.07, 6.45) is 0.602. The van der Waals surface area contributed by atoms with Crippen LogP contribution in [0.5, 0.6) is 0 Å². The molecule has 2 N–H and O–H groups in total. The van der Waals surface area contributed by atoms with Crippen LogP contribution >= 0.6 is 0 Å². The van der Waals surface area contributed by atoms with E-state index < -0.39 is 11.9 Å². The van der Waals surface area contributed by atoms with Crippen LogP contribution in [0.15, 0.2) is 48.5 Å². The molecule has 0 radical (unpaired) electrons. The molecule has 2 amide bonds. The Hall–Kier alpha value is -3.33. The second kappa shape index (κ2) is 8.57. The second-order valence-electron chi connectivity index (χ2n) is 7.29. The SMILES string of the molecule is CC1CC(C(=O)O)CN(C(=O)NCc2ccc(-c3ccccc3C#N)cc2)C1. The van der Waals surface area contributed by atoms with E-state index in [9.17, 15) is 20.0 Å². The number of carbonyl (C=O) groups excluding carboxylic acids is 1. The molecule has 1 aliphatic heterocycles. The Bertz CT molecular complexity index is 902. The third-order valence-corrected chi connectivity index (χ3v) is 5.05. The van der Waals surface area contributed by atoms with E-state index in [1.54, 1.807) is 11.0 Å². The summed E-state index contributed by atoms with van der Waals surface area (Å²) < 4.78 is 0. The Balaban J connectivity index is 1.61. The normalized spacial score (nSPS) is 18.9. The average molecular weight is 377 g/mol. The van der Waals surface area contributed by atoms with Crippen LogP contribution in [0.2, 0.25) is 0 Å². The van der Waals surface area contributed by atoms with Crippen molar-refractivity contribution in [3.63, 3.8) is 0 Å². The van der Waals surface area contributed by atoms with Gasteiger partial charge in [-0.15, -0.1) is 0 Å². The number of benzene rings is 2. The fourth-order valence-corrected chi connectivity index (χ4v) is 3.62. The van der Waals surface area contributed by atoms with Crippen LogP contribution in [0.4, 0.5) is 4.79 Å². The number of carboxylic acid groups (broad SMARTS) is 1. The standard InChI is InChI=1S/C22H23N3O3/c1-15-10-19(21(26)27)14-25(13-15)22(28)24-12-16-6-8-17(9-7-16)20-5-3-2-4-18(20)11-23/h2-9,15,19H,10,12-14H2,1H3,(H,24,28)(H,26,27). The van der Waals surface area contributed by atoms with Gasteiger partial charge in [0.05, 0.1) is 17.6 Å². The molecule has 6 heteroatoms. The smallest absolute Gasteiger partial charge is 0.317 e. The minimum Gasteiger partial charge on any atom is -0.481 e. The van der Waals surface area contributed by atoms with E-state index in [-0.39, 0.29) is 18.5 Å². The number of likely N-dealkylation sites (tertiary alicyclic amines) is 1. The number of amides is 2. The maximum Gasteiger partial charge on any atom is 0.317 e. The van der Waals surface area contributed by atoms with Crippen LogP contribution in [-0.2, 0) is 11.3 Å². The van der Waals surface area contributed by atoms with Crippen LogP contribution in [0.1, 0.15) is 24.5 Å². The third-order valence-electron chi connectivity index (χ3n) is 5.05. The maximum absolute atomic E-state index is 12.4. The lowest BCUT2D eigenvalue weighted by Crippen LogP contribution is -2.49. The zero-order chi connectivity index (χ0) is 20.1. The zero-order valence-corrected chi connectivity index (χ0v) is 15.8. The maximum atomic E-state index is 12.4. The second-order valence-corrected chi connectivity index (χ2v) is 7.29. The first-order valence-electron chi connectivity index (χ1n) is 9.32. The van der Waals surface area contributed by atoms with Gasteiger partial charge in [0.25, 0.3) is 0 Å². The van der Waals surface area contributed by atoms with Crippen LogP contribution in [0, 0.1) is 23.2 Å². The zero-order valence-electron chi connectivity index (χ0n) is 15.8. The van der Waals surface area contributed by atoms with Crippen molar-refractivity contribution in [2.24, 2.45) is 11.8 Å². The number of carboxylic acids is 1. The van der Waals surface area contributed by atoms with Crippen LogP contribution in [0.25, 0.3) is 11.1 Å². The lowest BCUT2D eigenvalue weighted by atomic mass is 9.91. The summed E-state index contributed by atoms with van der Waals surface area (Å²) in [5, 5.41) is 21.4. The van der Waals surface area contributed by atoms with E-state index >= 15 is 0 Å². The van der Waals surface area contributed by atoms with Crippen LogP contribution < -0.4 is 5.32 Å². The molecule has 2 unspecified atom stereocenters. The number of piperidine rings is 1. The van der Waals surface area contributed by atoms with E-state index in [0.29, 0.717) is 25.1 Å². The summed E-state index contributed by atoms with van der Waals surface area (Å²) in [7, 11) is 0. The van der Waals surface area contributed by atoms with Gasteiger partial charge >= 0.3 is 12.0 Å². The summed E-state index contributed by atoms with van der Waals surface area (Å²) in [6, 6.07) is 17.1. The fourth-order valence-electron chi connectivity index (χ4n) is 3.62. The lowest BCUT2D eigenvalue weighted by molar-refractivity contribution is -0.143. The Morgan fingerprint density at radius 2 is 1.89 bits per heavy atom. The van der Waals surface area contributed by atoms with Gasteiger partial charge in [-0.25, -0.2) is 4.79 Å². The molecule has 2 aromatic rings. The summed E-state index contributed by atoms with van der Waals surface area (Å²) in [5.74, 6) is -1.19. The molecule has 1 saturated heterocycles. The summed E-state index contributed by atoms with van der Waals surface area (Å²) in [6.45, 7) is 3.14. The number of hydrogen-bond acceptors (Lipinski definition) is 3. The Morgan fingerprint density at radius 1 is 1.18 bits per heavy atom. The van der Waals surface area contributed by atoms with Gasteiger partial charge in [0.2, 0.25) is 0 Å². The van der Waals surface area contributed by atoms with E-state index in [2.05, 4.69) is 11.4 Å². The molecule has 1 heterocycles. The lowest BCUT2D eigenvalue weighted by Gasteiger charge is -2.34. The number of rotatable bonds is 4. The average Bonchev–Trinajstić information content (AvgIpc) is 2.71. The highest BCUT2D eigenvalue weighted by Crippen LogP contribution is 2.24. The molecule has 1 fully saturated rings. The fraction of sp³-hybridized carbons (Fsp3) is 0.318. The number of hydrogen-bond donors (Lipinski definition) is 2. The van der Waals surface area contributed by atoms with Crippen molar-refractivity contribution in [1.29, 1.82) is 5.26 Å². The van der Waals surface area contributed by atoms with Crippen molar-refractivity contribution in [1.82, 2.24) is 10.2 Å². The van der Waals surface area contributed by atoms with Crippen molar-refractivity contribution in [2.75, 3.05) is 13.1 Å². The molecule has 1 aliphatic rings. The quantitative estimate of drug-likeness (QED) is 0.853. The molecule has 144 valence electrons. The molecule has 0 spiro atoms. The van der Waals surface area contributed by atoms with Gasteiger partial charge < -0.3 is 15.3 Å². The molecular formula is C22H23N3O3. The number of nitrogens with zero attached hydrogens (tertiary/aromatic N) is 2. The number of nitriles is 1. The molecule has 6 nitrogen and oxygen atoms in total. The van der Waals surface area contributed by atoms with E-state index in [1.165, 1.54) is 0 Å². The Kier molecular flexibility index (Phi) is 5.95. The number of carbonyl (C=O) groups is 2. The highest BCUT2D eigenvalue weighted by Gasteiger charge is 2.31. The molecule has 2 atom stereocenters. The van der Waals surface area contributed by atoms with Gasteiger partial charge in [-0.05, 0) is 35.1 Å². The van der Waals surface area contributed by atoms with E-state index in [0.717, 1.165) is 16.7 Å². The van der Waals surface area contributed by atoms with Gasteiger partial charge in [-0.2, -0.15) is 5.26 Å². The number of aliphatic carboxylic acids is 1. The number of nitrogens with one attached hydrogen (secondary N) is 1. The summed E-state index contributed by atoms with van der Waals surface area (Å²) in [4.78, 5) is 25.3. The predicted octanol–water partition coefficient (Wildman–Crippen LogP) is 3.48. The molecule has 2 aromatic carbocycles. The summed E-state index contributed by atoms with van der Waals surface area (Å²) >= 11 is 0. The first-order chi connectivity index (χ1) is 13.5. The van der Waals surface area contributed by atoms with Gasteiger partial charge in [0.15, 0.2) is 0 Å². The van der Waals surface area contributed by atoms with Gasteiger partial charge in [0.1, 0.15) is 0 Å². The molecule has 0 bridgehead atoms. The Morgan fingerprint density at radius 3 is 2.57 bits per heavy atom. The van der Waals surface area contributed by atoms with Crippen molar-refractivity contribution < 1.29 is 14.7 Å². The monoisotopic (exact) mass is 377 g/mol. The van der Waals surface area contributed by atoms with Crippen molar-refractivity contribution in [3.8, 4) is 17.2 Å². The largest absolute Gasteiger partial charge is 0.481 e. The number of urea groups is 1. The van der Waals surface area contributed by atoms with Crippen molar-refractivity contribution in [3.05, 3.63) is 59.7 Å². The van der Waals surface area contributed by atoms with Crippen molar-refractivity contribution >= 4 is 12.0 Å². The van der Waals surface area contributed by atoms with Crippen LogP contribution in [-0.4, -0.2) is 35.1 Å². The Labute approximate surface area is 164 Å². The van der Waals surface area contributed by atoms with Crippen LogP contribution in [0.3, 0.4) is 0 Å². The molecular weight excluding hydrogens is 354 g/mol. The molecule has 28 heavy (non-hydrogen) atoms. The molecule has 0 saturated carbocycles. The first kappa shape index (κ1) is 19.4. The third kappa shape index (κ3) is 4.49. The minimum atomic E-state index is -0.849. The summed E-state index contributed by atoms with van der Waals surface area (Å²) in [5.41, 5.74) is 3.38. The minimum absolute atomic E-state index is 0.167. The van der Waals surface area contributed by atoms with E-state index in [1.807, 2.05) is 49.4 Å². The van der Waals surface area contributed by atoms with Gasteiger partial charge in [-0.1, -0.05) is 49.4 Å². The van der Waals surface area contributed by atoms with E-state index in [4.69, 9.17) is 0 Å². The van der Waals surface area contributed by atoms with Gasteiger partial charge in [0, 0.05) is 19.6 Å². The van der Waals surface area contributed by atoms with Gasteiger partial charge in [-0.3, -0.25) is 4.79 Å². The highest BCUT2D eigenvalue weighted by atomic mass is 16.4. The predicted molar refractivity (Wildman–Crippen MR) is 105 cm³/mol. The molecule has 3 rings (SSSR count).